The highest BCUT2D eigenvalue weighted by Crippen LogP contribution is 2.10. The molecule has 0 amide bonds. The van der Waals surface area contributed by atoms with E-state index in [9.17, 15) is 9.59 Å². The molecule has 0 N–H and O–H groups in total. The number of rotatable bonds is 14. The maximum atomic E-state index is 11.5. The van der Waals surface area contributed by atoms with Crippen molar-refractivity contribution in [2.45, 2.75) is 85.0 Å². The Morgan fingerprint density at radius 3 is 1.82 bits per heavy atom. The lowest BCUT2D eigenvalue weighted by molar-refractivity contribution is -0.144. The SMILES string of the molecule is CCOC(=O)CCCCCCCCC(=O)OCCC(C)CC. The molecule has 1 unspecified atom stereocenters. The number of ether oxygens (including phenoxy) is 2. The summed E-state index contributed by atoms with van der Waals surface area (Å²) in [5, 5.41) is 0. The zero-order chi connectivity index (χ0) is 16.6. The molecule has 0 fully saturated rings. The van der Waals surface area contributed by atoms with E-state index in [4.69, 9.17) is 9.47 Å². The maximum Gasteiger partial charge on any atom is 0.305 e. The van der Waals surface area contributed by atoms with E-state index in [0.29, 0.717) is 32.0 Å². The average molecular weight is 314 g/mol. The van der Waals surface area contributed by atoms with Gasteiger partial charge in [0.1, 0.15) is 0 Å². The monoisotopic (exact) mass is 314 g/mol. The molecule has 22 heavy (non-hydrogen) atoms. The third-order valence-electron chi connectivity index (χ3n) is 3.89. The van der Waals surface area contributed by atoms with Gasteiger partial charge in [-0.25, -0.2) is 0 Å². The van der Waals surface area contributed by atoms with Crippen LogP contribution in [0.15, 0.2) is 0 Å². The second-order valence-corrected chi connectivity index (χ2v) is 5.95. The zero-order valence-electron chi connectivity index (χ0n) is 14.7. The number of carbonyl (C=O) groups excluding carboxylic acids is 2. The van der Waals surface area contributed by atoms with E-state index in [1.807, 2.05) is 6.92 Å². The van der Waals surface area contributed by atoms with Crippen LogP contribution in [0.4, 0.5) is 0 Å². The number of hydrogen-bond donors (Lipinski definition) is 0. The van der Waals surface area contributed by atoms with Crippen LogP contribution in [0.1, 0.15) is 85.0 Å². The van der Waals surface area contributed by atoms with Crippen LogP contribution < -0.4 is 0 Å². The molecule has 0 aliphatic rings. The molecular weight excluding hydrogens is 280 g/mol. The molecule has 0 aromatic rings. The van der Waals surface area contributed by atoms with Gasteiger partial charge in [-0.2, -0.15) is 0 Å². The summed E-state index contributed by atoms with van der Waals surface area (Å²) in [5.41, 5.74) is 0. The lowest BCUT2D eigenvalue weighted by Gasteiger charge is -2.08. The van der Waals surface area contributed by atoms with Crippen molar-refractivity contribution in [2.75, 3.05) is 13.2 Å². The molecule has 0 aromatic heterocycles. The van der Waals surface area contributed by atoms with E-state index >= 15 is 0 Å². The predicted octanol–water partition coefficient (Wildman–Crippen LogP) is 4.65. The van der Waals surface area contributed by atoms with E-state index in [1.165, 1.54) is 0 Å². The number of carbonyl (C=O) groups is 2. The van der Waals surface area contributed by atoms with Gasteiger partial charge in [-0.3, -0.25) is 9.59 Å². The Labute approximate surface area is 135 Å². The molecule has 0 spiro atoms. The van der Waals surface area contributed by atoms with Crippen molar-refractivity contribution < 1.29 is 19.1 Å². The minimum absolute atomic E-state index is 0.0642. The minimum atomic E-state index is -0.0948. The summed E-state index contributed by atoms with van der Waals surface area (Å²) in [6.45, 7) is 7.18. The molecule has 0 aromatic carbocycles. The lowest BCUT2D eigenvalue weighted by Crippen LogP contribution is -2.08. The Kier molecular flexibility index (Phi) is 14.1. The van der Waals surface area contributed by atoms with Crippen LogP contribution in [0.2, 0.25) is 0 Å². The molecule has 0 rings (SSSR count). The smallest absolute Gasteiger partial charge is 0.305 e. The third-order valence-corrected chi connectivity index (χ3v) is 3.89. The van der Waals surface area contributed by atoms with Crippen LogP contribution in [0.25, 0.3) is 0 Å². The summed E-state index contributed by atoms with van der Waals surface area (Å²) in [6.07, 6.45) is 9.29. The summed E-state index contributed by atoms with van der Waals surface area (Å²) < 4.78 is 10.1. The molecule has 0 bridgehead atoms. The first-order valence-electron chi connectivity index (χ1n) is 8.91. The highest BCUT2D eigenvalue weighted by molar-refractivity contribution is 5.69. The Balaban J connectivity index is 3.28. The predicted molar refractivity (Wildman–Crippen MR) is 88.6 cm³/mol. The van der Waals surface area contributed by atoms with Gasteiger partial charge in [0.15, 0.2) is 0 Å². The van der Waals surface area contributed by atoms with E-state index in [2.05, 4.69) is 13.8 Å². The van der Waals surface area contributed by atoms with Crippen LogP contribution in [0.5, 0.6) is 0 Å². The Hall–Kier alpha value is -1.06. The first kappa shape index (κ1) is 20.9. The first-order chi connectivity index (χ1) is 10.6. The summed E-state index contributed by atoms with van der Waals surface area (Å²) >= 11 is 0. The highest BCUT2D eigenvalue weighted by Gasteiger charge is 2.05. The maximum absolute atomic E-state index is 11.5. The van der Waals surface area contributed by atoms with Crippen molar-refractivity contribution in [3.05, 3.63) is 0 Å². The molecular formula is C18H34O4. The van der Waals surface area contributed by atoms with Gasteiger partial charge < -0.3 is 9.47 Å². The van der Waals surface area contributed by atoms with Gasteiger partial charge >= 0.3 is 11.9 Å². The van der Waals surface area contributed by atoms with Crippen LogP contribution in [0.3, 0.4) is 0 Å². The number of esters is 2. The van der Waals surface area contributed by atoms with Crippen molar-refractivity contribution in [2.24, 2.45) is 5.92 Å². The van der Waals surface area contributed by atoms with E-state index in [1.54, 1.807) is 0 Å². The summed E-state index contributed by atoms with van der Waals surface area (Å²) in [5.74, 6) is 0.468. The molecule has 4 heteroatoms. The number of unbranched alkanes of at least 4 members (excludes halogenated alkanes) is 5. The van der Waals surface area contributed by atoms with Crippen molar-refractivity contribution in [3.63, 3.8) is 0 Å². The Morgan fingerprint density at radius 2 is 1.32 bits per heavy atom. The van der Waals surface area contributed by atoms with Gasteiger partial charge in [-0.1, -0.05) is 46.0 Å². The van der Waals surface area contributed by atoms with E-state index in [0.717, 1.165) is 51.4 Å². The van der Waals surface area contributed by atoms with Crippen LogP contribution in [-0.4, -0.2) is 25.2 Å². The number of hydrogen-bond acceptors (Lipinski definition) is 4. The van der Waals surface area contributed by atoms with Gasteiger partial charge in [-0.15, -0.1) is 0 Å². The molecule has 0 radical (unpaired) electrons. The Bertz CT molecular complexity index is 289. The molecule has 0 aliphatic carbocycles. The van der Waals surface area contributed by atoms with Crippen LogP contribution in [-0.2, 0) is 19.1 Å². The Morgan fingerprint density at radius 1 is 0.818 bits per heavy atom. The van der Waals surface area contributed by atoms with Gasteiger partial charge in [-0.05, 0) is 32.1 Å². The standard InChI is InChI=1S/C18H34O4/c1-4-16(3)14-15-22-18(20)13-11-9-7-6-8-10-12-17(19)21-5-2/h16H,4-15H2,1-3H3. The van der Waals surface area contributed by atoms with Gasteiger partial charge in [0.2, 0.25) is 0 Å². The summed E-state index contributed by atoms with van der Waals surface area (Å²) in [7, 11) is 0. The van der Waals surface area contributed by atoms with E-state index < -0.39 is 0 Å². The quantitative estimate of drug-likeness (QED) is 0.346. The second kappa shape index (κ2) is 14.9. The molecule has 0 aliphatic heterocycles. The molecule has 0 heterocycles. The summed E-state index contributed by atoms with van der Waals surface area (Å²) in [4.78, 5) is 22.6. The molecule has 0 saturated heterocycles. The fourth-order valence-electron chi connectivity index (χ4n) is 2.13. The fraction of sp³-hybridized carbons (Fsp3) is 0.889. The molecule has 130 valence electrons. The topological polar surface area (TPSA) is 52.6 Å². The molecule has 4 nitrogen and oxygen atoms in total. The van der Waals surface area contributed by atoms with E-state index in [-0.39, 0.29) is 11.9 Å². The average Bonchev–Trinajstić information content (AvgIpc) is 2.50. The lowest BCUT2D eigenvalue weighted by atomic mass is 10.1. The first-order valence-corrected chi connectivity index (χ1v) is 8.91. The minimum Gasteiger partial charge on any atom is -0.466 e. The van der Waals surface area contributed by atoms with Crippen molar-refractivity contribution in [1.82, 2.24) is 0 Å². The fourth-order valence-corrected chi connectivity index (χ4v) is 2.13. The second-order valence-electron chi connectivity index (χ2n) is 5.95. The van der Waals surface area contributed by atoms with Crippen molar-refractivity contribution >= 4 is 11.9 Å². The van der Waals surface area contributed by atoms with Crippen LogP contribution in [0, 0.1) is 5.92 Å². The molecule has 1 atom stereocenters. The van der Waals surface area contributed by atoms with Gasteiger partial charge in [0.05, 0.1) is 13.2 Å². The van der Waals surface area contributed by atoms with Gasteiger partial charge in [0, 0.05) is 12.8 Å². The van der Waals surface area contributed by atoms with Crippen molar-refractivity contribution in [1.29, 1.82) is 0 Å². The van der Waals surface area contributed by atoms with Crippen molar-refractivity contribution in [3.8, 4) is 0 Å². The molecule has 0 saturated carbocycles. The highest BCUT2D eigenvalue weighted by atomic mass is 16.5. The normalized spacial score (nSPS) is 12.0. The zero-order valence-corrected chi connectivity index (χ0v) is 14.7. The third kappa shape index (κ3) is 13.9. The van der Waals surface area contributed by atoms with Crippen LogP contribution >= 0.6 is 0 Å². The summed E-state index contributed by atoms with van der Waals surface area (Å²) in [6, 6.07) is 0. The largest absolute Gasteiger partial charge is 0.466 e. The van der Waals surface area contributed by atoms with Gasteiger partial charge in [0.25, 0.3) is 0 Å².